The standard InChI is InChI=1S/C14H17ClN2O3/c15-12-6-2-1-5-11(12)14(19)17-9-13(18)16-8-10-4-3-7-20-10/h1-2,5-6,10H,3-4,7-9H2,(H,16,18)(H,17,19). The summed E-state index contributed by atoms with van der Waals surface area (Å²) in [5, 5.41) is 5.64. The quantitative estimate of drug-likeness (QED) is 0.862. The summed E-state index contributed by atoms with van der Waals surface area (Å²) in [4.78, 5) is 23.4. The number of hydrogen-bond acceptors (Lipinski definition) is 3. The monoisotopic (exact) mass is 296 g/mol. The number of nitrogens with one attached hydrogen (secondary N) is 2. The molecule has 1 unspecified atom stereocenters. The molecule has 0 aliphatic carbocycles. The van der Waals surface area contributed by atoms with E-state index < -0.39 is 0 Å². The number of hydrogen-bond donors (Lipinski definition) is 2. The van der Waals surface area contributed by atoms with E-state index in [0.29, 0.717) is 17.1 Å². The Kier molecular flexibility index (Phi) is 5.38. The van der Waals surface area contributed by atoms with Crippen LogP contribution in [0, 0.1) is 0 Å². The van der Waals surface area contributed by atoms with Crippen molar-refractivity contribution in [3.8, 4) is 0 Å². The van der Waals surface area contributed by atoms with Crippen molar-refractivity contribution in [1.82, 2.24) is 10.6 Å². The summed E-state index contributed by atoms with van der Waals surface area (Å²) in [5.41, 5.74) is 0.362. The smallest absolute Gasteiger partial charge is 0.253 e. The van der Waals surface area contributed by atoms with Gasteiger partial charge in [0, 0.05) is 13.2 Å². The second-order valence-electron chi connectivity index (χ2n) is 4.60. The summed E-state index contributed by atoms with van der Waals surface area (Å²) >= 11 is 5.90. The summed E-state index contributed by atoms with van der Waals surface area (Å²) in [6.07, 6.45) is 2.09. The Morgan fingerprint density at radius 3 is 2.80 bits per heavy atom. The number of ether oxygens (including phenoxy) is 1. The predicted molar refractivity (Wildman–Crippen MR) is 75.8 cm³/mol. The fourth-order valence-electron chi connectivity index (χ4n) is 2.00. The zero-order chi connectivity index (χ0) is 14.4. The number of carbonyl (C=O) groups excluding carboxylic acids is 2. The van der Waals surface area contributed by atoms with Gasteiger partial charge in [-0.25, -0.2) is 0 Å². The van der Waals surface area contributed by atoms with Gasteiger partial charge in [0.15, 0.2) is 0 Å². The highest BCUT2D eigenvalue weighted by Crippen LogP contribution is 2.14. The third-order valence-corrected chi connectivity index (χ3v) is 3.41. The minimum atomic E-state index is -0.358. The average molecular weight is 297 g/mol. The molecule has 6 heteroatoms. The van der Waals surface area contributed by atoms with Gasteiger partial charge in [-0.3, -0.25) is 9.59 Å². The van der Waals surface area contributed by atoms with Gasteiger partial charge in [-0.1, -0.05) is 23.7 Å². The molecule has 1 fully saturated rings. The second-order valence-corrected chi connectivity index (χ2v) is 5.01. The van der Waals surface area contributed by atoms with Gasteiger partial charge < -0.3 is 15.4 Å². The fourth-order valence-corrected chi connectivity index (χ4v) is 2.22. The highest BCUT2D eigenvalue weighted by molar-refractivity contribution is 6.33. The van der Waals surface area contributed by atoms with E-state index >= 15 is 0 Å². The molecule has 108 valence electrons. The highest BCUT2D eigenvalue weighted by atomic mass is 35.5. The molecule has 1 aromatic carbocycles. The van der Waals surface area contributed by atoms with Gasteiger partial charge in [-0.15, -0.1) is 0 Å². The minimum absolute atomic E-state index is 0.0726. The number of halogens is 1. The van der Waals surface area contributed by atoms with Crippen LogP contribution in [0.25, 0.3) is 0 Å². The maximum atomic E-state index is 11.8. The molecule has 5 nitrogen and oxygen atoms in total. The molecule has 0 aromatic heterocycles. The van der Waals surface area contributed by atoms with E-state index in [4.69, 9.17) is 16.3 Å². The van der Waals surface area contributed by atoms with E-state index in [9.17, 15) is 9.59 Å². The van der Waals surface area contributed by atoms with Crippen molar-refractivity contribution < 1.29 is 14.3 Å². The van der Waals surface area contributed by atoms with Crippen LogP contribution in [0.2, 0.25) is 5.02 Å². The largest absolute Gasteiger partial charge is 0.376 e. The van der Waals surface area contributed by atoms with Crippen LogP contribution in [0.3, 0.4) is 0 Å². The molecule has 2 N–H and O–H groups in total. The Labute approximate surface area is 122 Å². The van der Waals surface area contributed by atoms with E-state index in [-0.39, 0.29) is 24.5 Å². The zero-order valence-corrected chi connectivity index (χ0v) is 11.8. The van der Waals surface area contributed by atoms with Crippen LogP contribution in [0.5, 0.6) is 0 Å². The van der Waals surface area contributed by atoms with Gasteiger partial charge in [0.2, 0.25) is 5.91 Å². The van der Waals surface area contributed by atoms with Gasteiger partial charge >= 0.3 is 0 Å². The lowest BCUT2D eigenvalue weighted by molar-refractivity contribution is -0.120. The van der Waals surface area contributed by atoms with Crippen molar-refractivity contribution in [2.24, 2.45) is 0 Å². The fraction of sp³-hybridized carbons (Fsp3) is 0.429. The molecule has 1 aliphatic rings. The Morgan fingerprint density at radius 2 is 2.10 bits per heavy atom. The third kappa shape index (κ3) is 4.21. The summed E-state index contributed by atoms with van der Waals surface area (Å²) in [7, 11) is 0. The van der Waals surface area contributed by atoms with Crippen molar-refractivity contribution >= 4 is 23.4 Å². The van der Waals surface area contributed by atoms with Crippen molar-refractivity contribution in [3.05, 3.63) is 34.9 Å². The topological polar surface area (TPSA) is 67.4 Å². The molecule has 0 saturated carbocycles. The van der Waals surface area contributed by atoms with E-state index in [1.807, 2.05) is 0 Å². The van der Waals surface area contributed by atoms with Crippen LogP contribution in [0.15, 0.2) is 24.3 Å². The molecule has 20 heavy (non-hydrogen) atoms. The lowest BCUT2D eigenvalue weighted by atomic mass is 10.2. The third-order valence-electron chi connectivity index (χ3n) is 3.08. The summed E-state index contributed by atoms with van der Waals surface area (Å²) < 4.78 is 5.39. The Hall–Kier alpha value is -1.59. The first-order valence-electron chi connectivity index (χ1n) is 6.58. The van der Waals surface area contributed by atoms with E-state index in [1.54, 1.807) is 24.3 Å². The van der Waals surface area contributed by atoms with Gasteiger partial charge in [0.25, 0.3) is 5.91 Å². The maximum absolute atomic E-state index is 11.8. The molecule has 2 rings (SSSR count). The first-order chi connectivity index (χ1) is 9.66. The van der Waals surface area contributed by atoms with E-state index in [1.165, 1.54) is 0 Å². The Balaban J connectivity index is 1.72. The van der Waals surface area contributed by atoms with Crippen molar-refractivity contribution in [2.75, 3.05) is 19.7 Å². The molecule has 0 bridgehead atoms. The first kappa shape index (κ1) is 14.8. The van der Waals surface area contributed by atoms with Crippen LogP contribution >= 0.6 is 11.6 Å². The Morgan fingerprint density at radius 1 is 1.30 bits per heavy atom. The molecular formula is C14H17ClN2O3. The molecule has 1 saturated heterocycles. The first-order valence-corrected chi connectivity index (χ1v) is 6.95. The summed E-state index contributed by atoms with van der Waals surface area (Å²) in [6.45, 7) is 1.17. The van der Waals surface area contributed by atoms with Gasteiger partial charge in [-0.2, -0.15) is 0 Å². The predicted octanol–water partition coefficient (Wildman–Crippen LogP) is 1.37. The zero-order valence-electron chi connectivity index (χ0n) is 11.0. The number of amides is 2. The average Bonchev–Trinajstić information content (AvgIpc) is 2.96. The number of benzene rings is 1. The second kappa shape index (κ2) is 7.26. The molecule has 0 radical (unpaired) electrons. The van der Waals surface area contributed by atoms with Crippen LogP contribution in [0.4, 0.5) is 0 Å². The van der Waals surface area contributed by atoms with E-state index in [2.05, 4.69) is 10.6 Å². The highest BCUT2D eigenvalue weighted by Gasteiger charge is 2.16. The molecule has 1 aliphatic heterocycles. The van der Waals surface area contributed by atoms with Crippen molar-refractivity contribution in [3.63, 3.8) is 0 Å². The van der Waals surface area contributed by atoms with Crippen LogP contribution in [0.1, 0.15) is 23.2 Å². The molecule has 2 amide bonds. The summed E-state index contributed by atoms with van der Waals surface area (Å²) in [6, 6.07) is 6.71. The van der Waals surface area contributed by atoms with Crippen LogP contribution < -0.4 is 10.6 Å². The van der Waals surface area contributed by atoms with Crippen molar-refractivity contribution in [1.29, 1.82) is 0 Å². The maximum Gasteiger partial charge on any atom is 0.253 e. The molecule has 1 heterocycles. The molecule has 1 aromatic rings. The van der Waals surface area contributed by atoms with Gasteiger partial charge in [-0.05, 0) is 25.0 Å². The normalized spacial score (nSPS) is 17.8. The lowest BCUT2D eigenvalue weighted by Crippen LogP contribution is -2.40. The molecule has 1 atom stereocenters. The molecular weight excluding hydrogens is 280 g/mol. The Bertz CT molecular complexity index is 487. The number of carbonyl (C=O) groups is 2. The SMILES string of the molecule is O=C(CNC(=O)c1ccccc1Cl)NCC1CCCO1. The van der Waals surface area contributed by atoms with Gasteiger partial charge in [0.1, 0.15) is 0 Å². The molecule has 0 spiro atoms. The van der Waals surface area contributed by atoms with Crippen LogP contribution in [-0.2, 0) is 9.53 Å². The van der Waals surface area contributed by atoms with E-state index in [0.717, 1.165) is 19.4 Å². The lowest BCUT2D eigenvalue weighted by Gasteiger charge is -2.11. The van der Waals surface area contributed by atoms with Crippen molar-refractivity contribution in [2.45, 2.75) is 18.9 Å². The number of rotatable bonds is 5. The van der Waals surface area contributed by atoms with Gasteiger partial charge in [0.05, 0.1) is 23.2 Å². The minimum Gasteiger partial charge on any atom is -0.376 e. The van der Waals surface area contributed by atoms with Crippen LogP contribution in [-0.4, -0.2) is 37.6 Å². The summed E-state index contributed by atoms with van der Waals surface area (Å²) in [5.74, 6) is -0.594.